The van der Waals surface area contributed by atoms with E-state index in [1.807, 2.05) is 6.07 Å². The second-order valence-electron chi connectivity index (χ2n) is 5.08. The van der Waals surface area contributed by atoms with E-state index in [1.54, 1.807) is 18.2 Å². The molecule has 116 valence electrons. The first-order valence-electron chi connectivity index (χ1n) is 7.27. The van der Waals surface area contributed by atoms with Crippen LogP contribution in [0.2, 0.25) is 5.02 Å². The Kier molecular flexibility index (Phi) is 6.45. The third-order valence-corrected chi connectivity index (χ3v) is 3.67. The molecular formula is C15H22ClN3O2. The molecule has 21 heavy (non-hydrogen) atoms. The lowest BCUT2D eigenvalue weighted by Crippen LogP contribution is -2.47. The molecule has 2 N–H and O–H groups in total. The summed E-state index contributed by atoms with van der Waals surface area (Å²) in [6.07, 6.45) is 0.151. The average molecular weight is 312 g/mol. The minimum Gasteiger partial charge on any atom is -0.374 e. The molecule has 0 radical (unpaired) electrons. The van der Waals surface area contributed by atoms with Gasteiger partial charge in [-0.25, -0.2) is 0 Å². The zero-order chi connectivity index (χ0) is 15.1. The molecule has 1 aliphatic rings. The number of anilines is 1. The van der Waals surface area contributed by atoms with Gasteiger partial charge in [0.15, 0.2) is 0 Å². The molecule has 1 saturated heterocycles. The first kappa shape index (κ1) is 16.2. The van der Waals surface area contributed by atoms with Crippen molar-refractivity contribution in [2.75, 3.05) is 44.6 Å². The number of nitrogens with zero attached hydrogens (tertiary/aromatic N) is 1. The molecule has 0 bridgehead atoms. The Hall–Kier alpha value is -1.14. The maximum atomic E-state index is 11.8. The quantitative estimate of drug-likeness (QED) is 0.838. The normalized spacial score (nSPS) is 19.4. The molecular weight excluding hydrogens is 290 g/mol. The number of morpholine rings is 1. The van der Waals surface area contributed by atoms with Crippen LogP contribution in [0.3, 0.4) is 0 Å². The van der Waals surface area contributed by atoms with Crippen LogP contribution in [0, 0.1) is 0 Å². The molecule has 2 rings (SSSR count). The van der Waals surface area contributed by atoms with Crippen molar-refractivity contribution in [1.82, 2.24) is 10.2 Å². The van der Waals surface area contributed by atoms with Crippen molar-refractivity contribution in [2.24, 2.45) is 0 Å². The second-order valence-corrected chi connectivity index (χ2v) is 5.51. The predicted molar refractivity (Wildman–Crippen MR) is 84.8 cm³/mol. The molecule has 1 atom stereocenters. The minimum atomic E-state index is -0.0829. The highest BCUT2D eigenvalue weighted by atomic mass is 35.5. The monoisotopic (exact) mass is 311 g/mol. The molecule has 1 aromatic rings. The second kappa shape index (κ2) is 8.34. The largest absolute Gasteiger partial charge is 0.374 e. The van der Waals surface area contributed by atoms with Crippen molar-refractivity contribution >= 4 is 23.2 Å². The van der Waals surface area contributed by atoms with Gasteiger partial charge in [0.25, 0.3) is 0 Å². The number of hydrogen-bond donors (Lipinski definition) is 2. The molecule has 0 aromatic heterocycles. The molecule has 1 fully saturated rings. The summed E-state index contributed by atoms with van der Waals surface area (Å²) >= 11 is 5.87. The van der Waals surface area contributed by atoms with Crippen molar-refractivity contribution in [1.29, 1.82) is 0 Å². The summed E-state index contributed by atoms with van der Waals surface area (Å²) in [5, 5.41) is 6.55. The molecule has 6 heteroatoms. The van der Waals surface area contributed by atoms with Gasteiger partial charge in [0.2, 0.25) is 5.91 Å². The highest BCUT2D eigenvalue weighted by Gasteiger charge is 2.18. The number of nitrogens with one attached hydrogen (secondary N) is 2. The third-order valence-electron chi connectivity index (χ3n) is 3.44. The minimum absolute atomic E-state index is 0.0829. The molecule has 5 nitrogen and oxygen atoms in total. The van der Waals surface area contributed by atoms with Gasteiger partial charge >= 0.3 is 0 Å². The van der Waals surface area contributed by atoms with Gasteiger partial charge in [-0.3, -0.25) is 9.69 Å². The van der Waals surface area contributed by atoms with E-state index in [0.29, 0.717) is 17.3 Å². The first-order chi connectivity index (χ1) is 10.2. The number of rotatable bonds is 6. The molecule has 0 saturated carbocycles. The van der Waals surface area contributed by atoms with Gasteiger partial charge in [-0.15, -0.1) is 0 Å². The van der Waals surface area contributed by atoms with E-state index < -0.39 is 0 Å². The van der Waals surface area contributed by atoms with Gasteiger partial charge in [0.1, 0.15) is 0 Å². The summed E-state index contributed by atoms with van der Waals surface area (Å²) in [5.41, 5.74) is 0.709. The predicted octanol–water partition coefficient (Wildman–Crippen LogP) is 1.59. The van der Waals surface area contributed by atoms with Crippen LogP contribution in [0.1, 0.15) is 6.92 Å². The van der Waals surface area contributed by atoms with E-state index in [2.05, 4.69) is 22.5 Å². The van der Waals surface area contributed by atoms with E-state index in [4.69, 9.17) is 16.3 Å². The van der Waals surface area contributed by atoms with Gasteiger partial charge in [-0.1, -0.05) is 24.6 Å². The Morgan fingerprint density at radius 1 is 1.52 bits per heavy atom. The summed E-state index contributed by atoms with van der Waals surface area (Å²) in [5.74, 6) is -0.0829. The summed E-state index contributed by atoms with van der Waals surface area (Å²) in [6, 6.07) is 7.12. The fourth-order valence-electron chi connectivity index (χ4n) is 2.31. The summed E-state index contributed by atoms with van der Waals surface area (Å²) < 4.78 is 5.67. The van der Waals surface area contributed by atoms with E-state index in [1.165, 1.54) is 0 Å². The number of amides is 1. The lowest BCUT2D eigenvalue weighted by atomic mass is 10.2. The van der Waals surface area contributed by atoms with Gasteiger partial charge in [-0.05, 0) is 24.7 Å². The van der Waals surface area contributed by atoms with Crippen LogP contribution in [0.4, 0.5) is 5.69 Å². The van der Waals surface area contributed by atoms with Crippen LogP contribution < -0.4 is 10.6 Å². The fraction of sp³-hybridized carbons (Fsp3) is 0.533. The summed E-state index contributed by atoms with van der Waals surface area (Å²) in [4.78, 5) is 14.2. The van der Waals surface area contributed by atoms with E-state index in [-0.39, 0.29) is 18.6 Å². The van der Waals surface area contributed by atoms with Crippen molar-refractivity contribution in [3.63, 3.8) is 0 Å². The van der Waals surface area contributed by atoms with Crippen LogP contribution in [0.5, 0.6) is 0 Å². The summed E-state index contributed by atoms with van der Waals surface area (Å²) in [7, 11) is 0. The van der Waals surface area contributed by atoms with Crippen LogP contribution in [0.25, 0.3) is 0 Å². The topological polar surface area (TPSA) is 53.6 Å². The number of hydrogen-bond acceptors (Lipinski definition) is 4. The average Bonchev–Trinajstić information content (AvgIpc) is 2.47. The molecule has 1 unspecified atom stereocenters. The SMILES string of the molecule is CCN1CCOC(CNCC(=O)Nc2cccc(Cl)c2)C1. The Morgan fingerprint density at radius 2 is 2.38 bits per heavy atom. The Balaban J connectivity index is 1.67. The number of ether oxygens (including phenoxy) is 1. The number of carbonyl (C=O) groups is 1. The van der Waals surface area contributed by atoms with Crippen molar-refractivity contribution in [3.05, 3.63) is 29.3 Å². The maximum absolute atomic E-state index is 11.8. The van der Waals surface area contributed by atoms with Crippen LogP contribution in [-0.4, -0.2) is 56.2 Å². The summed E-state index contributed by atoms with van der Waals surface area (Å²) in [6.45, 7) is 6.79. The lowest BCUT2D eigenvalue weighted by Gasteiger charge is -2.32. The van der Waals surface area contributed by atoms with Crippen LogP contribution >= 0.6 is 11.6 Å². The smallest absolute Gasteiger partial charge is 0.238 e. The van der Waals surface area contributed by atoms with Gasteiger partial charge in [-0.2, -0.15) is 0 Å². The fourth-order valence-corrected chi connectivity index (χ4v) is 2.50. The number of carbonyl (C=O) groups excluding carboxylic acids is 1. The number of likely N-dealkylation sites (N-methyl/N-ethyl adjacent to an activating group) is 1. The standard InChI is InChI=1S/C15H22ClN3O2/c1-2-19-6-7-21-14(11-19)9-17-10-15(20)18-13-5-3-4-12(16)8-13/h3-5,8,14,17H,2,6-7,9-11H2,1H3,(H,18,20). The Bertz CT molecular complexity index is 470. The van der Waals surface area contributed by atoms with E-state index in [0.717, 1.165) is 26.2 Å². The lowest BCUT2D eigenvalue weighted by molar-refractivity contribution is -0.115. The molecule has 1 amide bonds. The maximum Gasteiger partial charge on any atom is 0.238 e. The highest BCUT2D eigenvalue weighted by molar-refractivity contribution is 6.30. The zero-order valence-corrected chi connectivity index (χ0v) is 13.0. The molecule has 1 heterocycles. The Morgan fingerprint density at radius 3 is 3.14 bits per heavy atom. The van der Waals surface area contributed by atoms with E-state index >= 15 is 0 Å². The van der Waals surface area contributed by atoms with Crippen molar-refractivity contribution in [2.45, 2.75) is 13.0 Å². The van der Waals surface area contributed by atoms with E-state index in [9.17, 15) is 4.79 Å². The highest BCUT2D eigenvalue weighted by Crippen LogP contribution is 2.14. The van der Waals surface area contributed by atoms with Gasteiger partial charge < -0.3 is 15.4 Å². The van der Waals surface area contributed by atoms with Crippen LogP contribution in [-0.2, 0) is 9.53 Å². The molecule has 0 spiro atoms. The van der Waals surface area contributed by atoms with Gasteiger partial charge in [0, 0.05) is 30.3 Å². The molecule has 1 aliphatic heterocycles. The third kappa shape index (κ3) is 5.63. The van der Waals surface area contributed by atoms with Crippen LogP contribution in [0.15, 0.2) is 24.3 Å². The Labute approximate surface area is 130 Å². The number of benzene rings is 1. The zero-order valence-electron chi connectivity index (χ0n) is 12.3. The molecule has 0 aliphatic carbocycles. The van der Waals surface area contributed by atoms with Crippen molar-refractivity contribution in [3.8, 4) is 0 Å². The number of halogens is 1. The van der Waals surface area contributed by atoms with Gasteiger partial charge in [0.05, 0.1) is 19.3 Å². The molecule has 1 aromatic carbocycles. The first-order valence-corrected chi connectivity index (χ1v) is 7.65. The van der Waals surface area contributed by atoms with Crippen molar-refractivity contribution < 1.29 is 9.53 Å².